The van der Waals surface area contributed by atoms with E-state index >= 15 is 0 Å². The summed E-state index contributed by atoms with van der Waals surface area (Å²) in [6.45, 7) is 3.74. The fraction of sp³-hybridized carbons (Fsp3) is 0.125. The Morgan fingerprint density at radius 3 is 2.56 bits per heavy atom. The van der Waals surface area contributed by atoms with Crippen LogP contribution in [0.25, 0.3) is 6.08 Å². The Bertz CT molecular complexity index is 1160. The molecule has 1 aliphatic rings. The molecule has 162 valence electrons. The van der Waals surface area contributed by atoms with E-state index in [2.05, 4.69) is 17.8 Å². The Morgan fingerprint density at radius 1 is 1.22 bits per heavy atom. The largest absolute Gasteiger partial charge is 0.493 e. The van der Waals surface area contributed by atoms with Crippen molar-refractivity contribution in [1.29, 1.82) is 0 Å². The summed E-state index contributed by atoms with van der Waals surface area (Å²) in [4.78, 5) is 38.5. The number of anilines is 1. The van der Waals surface area contributed by atoms with Crippen molar-refractivity contribution >= 4 is 29.6 Å². The predicted octanol–water partition coefficient (Wildman–Crippen LogP) is 3.24. The lowest BCUT2D eigenvalue weighted by molar-refractivity contribution is -0.122. The van der Waals surface area contributed by atoms with E-state index in [4.69, 9.17) is 15.9 Å². The van der Waals surface area contributed by atoms with Gasteiger partial charge in [-0.15, -0.1) is 13.0 Å². The summed E-state index contributed by atoms with van der Waals surface area (Å²) in [5.74, 6) is 0.932. The molecule has 4 amide bonds. The van der Waals surface area contributed by atoms with E-state index in [-0.39, 0.29) is 17.9 Å². The number of carbonyl (C=O) groups excluding carboxylic acids is 3. The van der Waals surface area contributed by atoms with Crippen molar-refractivity contribution in [1.82, 2.24) is 5.32 Å². The Morgan fingerprint density at radius 2 is 1.94 bits per heavy atom. The number of allylic oxidation sites excluding steroid dienone is 1. The molecule has 8 heteroatoms. The first kappa shape index (κ1) is 22.3. The first-order chi connectivity index (χ1) is 15.4. The molecule has 0 aromatic heterocycles. The highest BCUT2D eigenvalue weighted by Gasteiger charge is 2.36. The smallest absolute Gasteiger partial charge is 0.335 e. The minimum absolute atomic E-state index is 0.0244. The Kier molecular flexibility index (Phi) is 6.71. The molecule has 0 atom stereocenters. The third kappa shape index (κ3) is 4.52. The SMILES string of the molecule is C#CCOc1c(CC=C)cc(/C=C2\C(=O)NC(=O)N(c3ccc(F)cc3)C2=O)cc1OC. The topological polar surface area (TPSA) is 84.9 Å². The third-order valence-electron chi connectivity index (χ3n) is 4.54. The minimum atomic E-state index is -0.924. The van der Waals surface area contributed by atoms with Crippen LogP contribution in [0.4, 0.5) is 14.9 Å². The van der Waals surface area contributed by atoms with Gasteiger partial charge in [-0.25, -0.2) is 14.1 Å². The Hall–Kier alpha value is -4.38. The molecule has 1 saturated heterocycles. The normalized spacial score (nSPS) is 14.7. The summed E-state index contributed by atoms with van der Waals surface area (Å²) in [6, 6.07) is 7.10. The second-order valence-corrected chi connectivity index (χ2v) is 6.63. The van der Waals surface area contributed by atoms with E-state index in [1.54, 1.807) is 18.2 Å². The summed E-state index contributed by atoms with van der Waals surface area (Å²) >= 11 is 0. The van der Waals surface area contributed by atoms with Crippen molar-refractivity contribution in [3.05, 3.63) is 71.6 Å². The molecule has 0 saturated carbocycles. The number of methoxy groups -OCH3 is 1. The fourth-order valence-corrected chi connectivity index (χ4v) is 3.15. The van der Waals surface area contributed by atoms with Crippen LogP contribution in [0.2, 0.25) is 0 Å². The van der Waals surface area contributed by atoms with Crippen LogP contribution in [0.3, 0.4) is 0 Å². The fourth-order valence-electron chi connectivity index (χ4n) is 3.15. The van der Waals surface area contributed by atoms with Crippen molar-refractivity contribution in [3.63, 3.8) is 0 Å². The van der Waals surface area contributed by atoms with Crippen LogP contribution < -0.4 is 19.7 Å². The molecule has 3 rings (SSSR count). The summed E-state index contributed by atoms with van der Waals surface area (Å²) < 4.78 is 24.2. The molecule has 1 N–H and O–H groups in total. The van der Waals surface area contributed by atoms with Gasteiger partial charge in [-0.1, -0.05) is 12.0 Å². The third-order valence-corrected chi connectivity index (χ3v) is 4.54. The molecule has 2 aromatic carbocycles. The van der Waals surface area contributed by atoms with Crippen LogP contribution in [0, 0.1) is 18.2 Å². The number of rotatable bonds is 7. The van der Waals surface area contributed by atoms with Crippen LogP contribution in [-0.2, 0) is 16.0 Å². The standard InChI is InChI=1S/C24H19FN2O5/c1-4-6-16-12-15(14-20(31-3)21(16)32-11-5-2)13-19-22(28)26-24(30)27(23(19)29)18-9-7-17(25)8-10-18/h2,4,7-10,12-14H,1,6,11H2,3H3,(H,26,28,30)/b19-13+. The van der Waals surface area contributed by atoms with Gasteiger partial charge in [0.25, 0.3) is 11.8 Å². The zero-order valence-electron chi connectivity index (χ0n) is 17.2. The number of hydrogen-bond donors (Lipinski definition) is 1. The zero-order chi connectivity index (χ0) is 23.3. The number of urea groups is 1. The number of ether oxygens (including phenoxy) is 2. The number of hydrogen-bond acceptors (Lipinski definition) is 5. The number of terminal acetylenes is 1. The highest BCUT2D eigenvalue weighted by molar-refractivity contribution is 6.39. The van der Waals surface area contributed by atoms with Gasteiger partial charge < -0.3 is 9.47 Å². The van der Waals surface area contributed by atoms with Gasteiger partial charge >= 0.3 is 6.03 Å². The lowest BCUT2D eigenvalue weighted by Gasteiger charge is -2.26. The van der Waals surface area contributed by atoms with Crippen molar-refractivity contribution < 1.29 is 28.2 Å². The monoisotopic (exact) mass is 434 g/mol. The van der Waals surface area contributed by atoms with E-state index in [1.165, 1.54) is 25.3 Å². The van der Waals surface area contributed by atoms with Gasteiger partial charge in [0.1, 0.15) is 18.0 Å². The molecule has 0 unspecified atom stereocenters. The van der Waals surface area contributed by atoms with Gasteiger partial charge in [-0.3, -0.25) is 14.9 Å². The summed E-state index contributed by atoms with van der Waals surface area (Å²) in [7, 11) is 1.44. The molecule has 1 heterocycles. The molecule has 7 nitrogen and oxygen atoms in total. The Balaban J connectivity index is 2.06. The van der Waals surface area contributed by atoms with Gasteiger partial charge in [-0.05, 0) is 54.5 Å². The van der Waals surface area contributed by atoms with Crippen molar-refractivity contribution in [2.24, 2.45) is 0 Å². The van der Waals surface area contributed by atoms with Crippen molar-refractivity contribution in [2.45, 2.75) is 6.42 Å². The quantitative estimate of drug-likeness (QED) is 0.313. The number of benzene rings is 2. The number of carbonyl (C=O) groups is 3. The van der Waals surface area contributed by atoms with E-state index < -0.39 is 23.7 Å². The van der Waals surface area contributed by atoms with E-state index in [0.29, 0.717) is 29.0 Å². The van der Waals surface area contributed by atoms with Gasteiger partial charge in [0.05, 0.1) is 12.8 Å². The van der Waals surface area contributed by atoms with Gasteiger partial charge in [0.15, 0.2) is 11.5 Å². The van der Waals surface area contributed by atoms with Gasteiger partial charge in [0, 0.05) is 5.56 Å². The number of imide groups is 2. The van der Waals surface area contributed by atoms with E-state index in [9.17, 15) is 18.8 Å². The highest BCUT2D eigenvalue weighted by Crippen LogP contribution is 2.34. The first-order valence-electron chi connectivity index (χ1n) is 9.44. The highest BCUT2D eigenvalue weighted by atomic mass is 19.1. The summed E-state index contributed by atoms with van der Waals surface area (Å²) in [5.41, 5.74) is 0.975. The lowest BCUT2D eigenvalue weighted by atomic mass is 10.0. The van der Waals surface area contributed by atoms with Crippen LogP contribution in [0.5, 0.6) is 11.5 Å². The number of nitrogens with one attached hydrogen (secondary N) is 1. The van der Waals surface area contributed by atoms with Crippen molar-refractivity contribution in [2.75, 3.05) is 18.6 Å². The second-order valence-electron chi connectivity index (χ2n) is 6.63. The molecule has 1 aliphatic heterocycles. The van der Waals surface area contributed by atoms with Gasteiger partial charge in [0.2, 0.25) is 0 Å². The molecule has 2 aromatic rings. The molecule has 1 fully saturated rings. The zero-order valence-corrected chi connectivity index (χ0v) is 17.2. The van der Waals surface area contributed by atoms with Crippen LogP contribution in [-0.4, -0.2) is 31.6 Å². The molecule has 0 bridgehead atoms. The van der Waals surface area contributed by atoms with Gasteiger partial charge in [-0.2, -0.15) is 0 Å². The van der Waals surface area contributed by atoms with Crippen LogP contribution >= 0.6 is 0 Å². The number of amides is 4. The molecule has 32 heavy (non-hydrogen) atoms. The molecule has 0 radical (unpaired) electrons. The maximum Gasteiger partial charge on any atom is 0.335 e. The number of halogens is 1. The average molecular weight is 434 g/mol. The second kappa shape index (κ2) is 9.62. The Labute approximate surface area is 184 Å². The average Bonchev–Trinajstić information content (AvgIpc) is 2.77. The molecule has 0 aliphatic carbocycles. The predicted molar refractivity (Wildman–Crippen MR) is 117 cm³/mol. The van der Waals surface area contributed by atoms with Crippen LogP contribution in [0.1, 0.15) is 11.1 Å². The van der Waals surface area contributed by atoms with E-state index in [0.717, 1.165) is 17.0 Å². The maximum absolute atomic E-state index is 13.2. The molecular weight excluding hydrogens is 415 g/mol. The first-order valence-corrected chi connectivity index (χ1v) is 9.44. The summed E-state index contributed by atoms with van der Waals surface area (Å²) in [5, 5.41) is 2.12. The number of nitrogens with zero attached hydrogens (tertiary/aromatic N) is 1. The number of barbiturate groups is 1. The van der Waals surface area contributed by atoms with Crippen LogP contribution in [0.15, 0.2) is 54.6 Å². The van der Waals surface area contributed by atoms with Crippen molar-refractivity contribution in [3.8, 4) is 23.8 Å². The summed E-state index contributed by atoms with van der Waals surface area (Å²) in [6.07, 6.45) is 8.68. The molecular formula is C24H19FN2O5. The lowest BCUT2D eigenvalue weighted by Crippen LogP contribution is -2.54. The minimum Gasteiger partial charge on any atom is -0.493 e. The molecule has 0 spiro atoms. The van der Waals surface area contributed by atoms with E-state index in [1.807, 2.05) is 0 Å². The maximum atomic E-state index is 13.2.